The first-order chi connectivity index (χ1) is 5.29. The molecule has 3 nitrogen and oxygen atoms in total. The van der Waals surface area contributed by atoms with E-state index >= 15 is 0 Å². The van der Waals surface area contributed by atoms with Crippen LogP contribution in [-0.4, -0.2) is 9.97 Å². The molecule has 0 aliphatic carbocycles. The minimum absolute atomic E-state index is 0.627. The molecule has 0 atom stereocenters. The number of nitrogens with zero attached hydrogens (tertiary/aromatic N) is 2. The molecule has 0 unspecified atom stereocenters. The van der Waals surface area contributed by atoms with Crippen molar-refractivity contribution in [3.05, 3.63) is 23.7 Å². The predicted molar refractivity (Wildman–Crippen MR) is 41.3 cm³/mol. The van der Waals surface area contributed by atoms with E-state index in [4.69, 9.17) is 4.42 Å². The first-order valence-electron chi connectivity index (χ1n) is 3.46. The maximum atomic E-state index is 5.33. The Hall–Kier alpha value is -1.38. The molecule has 2 aromatic heterocycles. The van der Waals surface area contributed by atoms with Crippen molar-refractivity contribution in [3.63, 3.8) is 0 Å². The second kappa shape index (κ2) is 2.05. The normalized spacial score (nSPS) is 10.7. The Kier molecular flexibility index (Phi) is 1.18. The summed E-state index contributed by atoms with van der Waals surface area (Å²) in [6.45, 7) is 3.90. The zero-order valence-corrected chi connectivity index (χ0v) is 6.46. The first kappa shape index (κ1) is 6.34. The quantitative estimate of drug-likeness (QED) is 0.572. The Balaban J connectivity index is 2.92. The first-order valence-corrected chi connectivity index (χ1v) is 3.46. The number of rotatable bonds is 0. The van der Waals surface area contributed by atoms with Crippen LogP contribution in [0.5, 0.6) is 0 Å². The third kappa shape index (κ3) is 0.808. The molecule has 0 aliphatic rings. The summed E-state index contributed by atoms with van der Waals surface area (Å²) in [5.74, 6) is 0.895. The molecule has 0 saturated heterocycles. The van der Waals surface area contributed by atoms with Crippen molar-refractivity contribution in [1.82, 2.24) is 9.97 Å². The van der Waals surface area contributed by atoms with Crippen LogP contribution in [0.4, 0.5) is 0 Å². The molecule has 0 radical (unpaired) electrons. The third-order valence-corrected chi connectivity index (χ3v) is 1.80. The lowest BCUT2D eigenvalue weighted by Crippen LogP contribution is -1.77. The highest BCUT2D eigenvalue weighted by molar-refractivity contribution is 5.73. The van der Waals surface area contributed by atoms with Crippen LogP contribution >= 0.6 is 0 Å². The van der Waals surface area contributed by atoms with E-state index in [1.807, 2.05) is 13.8 Å². The van der Waals surface area contributed by atoms with Gasteiger partial charge < -0.3 is 4.42 Å². The van der Waals surface area contributed by atoms with Gasteiger partial charge in [-0.3, -0.25) is 0 Å². The summed E-state index contributed by atoms with van der Waals surface area (Å²) in [5, 5.41) is 0. The third-order valence-electron chi connectivity index (χ3n) is 1.80. The highest BCUT2D eigenvalue weighted by atomic mass is 16.3. The fraction of sp³-hybridized carbons (Fsp3) is 0.250. The van der Waals surface area contributed by atoms with Crippen LogP contribution in [-0.2, 0) is 0 Å². The molecule has 0 aromatic carbocycles. The number of aromatic nitrogens is 2. The van der Waals surface area contributed by atoms with E-state index in [1.165, 1.54) is 0 Å². The Labute approximate surface area is 64.1 Å². The Morgan fingerprint density at radius 2 is 1.91 bits per heavy atom. The van der Waals surface area contributed by atoms with Gasteiger partial charge in [-0.25, -0.2) is 9.97 Å². The molecule has 0 amide bonds. The van der Waals surface area contributed by atoms with Crippen LogP contribution in [0.25, 0.3) is 11.2 Å². The van der Waals surface area contributed by atoms with Gasteiger partial charge in [0.05, 0.1) is 0 Å². The summed E-state index contributed by atoms with van der Waals surface area (Å²) in [5.41, 5.74) is 2.57. The number of hydrogen-bond donors (Lipinski definition) is 0. The van der Waals surface area contributed by atoms with E-state index in [-0.39, 0.29) is 0 Å². The zero-order valence-electron chi connectivity index (χ0n) is 6.46. The second-order valence-electron chi connectivity index (χ2n) is 2.49. The van der Waals surface area contributed by atoms with Crippen molar-refractivity contribution >= 4 is 11.2 Å². The van der Waals surface area contributed by atoms with Gasteiger partial charge in [0.25, 0.3) is 0 Å². The van der Waals surface area contributed by atoms with Gasteiger partial charge in [0.2, 0.25) is 5.71 Å². The summed E-state index contributed by atoms with van der Waals surface area (Å²) in [6, 6.07) is 0. The summed E-state index contributed by atoms with van der Waals surface area (Å²) in [6.07, 6.45) is 3.30. The number of aryl methyl sites for hydroxylation is 2. The summed E-state index contributed by atoms with van der Waals surface area (Å²) < 4.78 is 5.33. The van der Waals surface area contributed by atoms with Crippen LogP contribution in [0.1, 0.15) is 11.3 Å². The predicted octanol–water partition coefficient (Wildman–Crippen LogP) is 1.84. The molecule has 0 N–H and O–H groups in total. The minimum atomic E-state index is 0.627. The molecule has 3 heteroatoms. The average molecular weight is 148 g/mol. The molecular weight excluding hydrogens is 140 g/mol. The fourth-order valence-corrected chi connectivity index (χ4v) is 1.05. The van der Waals surface area contributed by atoms with Crippen molar-refractivity contribution in [1.29, 1.82) is 0 Å². The molecule has 0 aliphatic heterocycles. The number of hydrogen-bond acceptors (Lipinski definition) is 3. The van der Waals surface area contributed by atoms with E-state index < -0.39 is 0 Å². The molecule has 0 bridgehead atoms. The lowest BCUT2D eigenvalue weighted by molar-refractivity contribution is 0.564. The van der Waals surface area contributed by atoms with Crippen LogP contribution in [0.15, 0.2) is 16.8 Å². The summed E-state index contributed by atoms with van der Waals surface area (Å²) in [7, 11) is 0. The van der Waals surface area contributed by atoms with E-state index in [1.54, 1.807) is 12.4 Å². The SMILES string of the molecule is Cc1oc2nccnc2c1C. The van der Waals surface area contributed by atoms with Crippen LogP contribution in [0.2, 0.25) is 0 Å². The zero-order chi connectivity index (χ0) is 7.84. The Morgan fingerprint density at radius 3 is 2.64 bits per heavy atom. The highest BCUT2D eigenvalue weighted by Crippen LogP contribution is 2.19. The van der Waals surface area contributed by atoms with Gasteiger partial charge in [-0.15, -0.1) is 0 Å². The van der Waals surface area contributed by atoms with Gasteiger partial charge in [-0.2, -0.15) is 0 Å². The summed E-state index contributed by atoms with van der Waals surface area (Å²) in [4.78, 5) is 8.18. The van der Waals surface area contributed by atoms with E-state index in [0.29, 0.717) is 5.71 Å². The van der Waals surface area contributed by atoms with Crippen molar-refractivity contribution in [2.75, 3.05) is 0 Å². The van der Waals surface area contributed by atoms with Crippen LogP contribution in [0, 0.1) is 13.8 Å². The monoisotopic (exact) mass is 148 g/mol. The van der Waals surface area contributed by atoms with E-state index in [9.17, 15) is 0 Å². The molecule has 11 heavy (non-hydrogen) atoms. The molecule has 2 aromatic rings. The van der Waals surface area contributed by atoms with Gasteiger partial charge in [0.1, 0.15) is 11.3 Å². The molecular formula is C8H8N2O. The highest BCUT2D eigenvalue weighted by Gasteiger charge is 2.06. The number of fused-ring (bicyclic) bond motifs is 1. The average Bonchev–Trinajstić information content (AvgIpc) is 2.30. The topological polar surface area (TPSA) is 38.9 Å². The van der Waals surface area contributed by atoms with Crippen molar-refractivity contribution < 1.29 is 4.42 Å². The second-order valence-corrected chi connectivity index (χ2v) is 2.49. The Bertz CT molecular complexity index is 392. The maximum Gasteiger partial charge on any atom is 0.245 e. The van der Waals surface area contributed by atoms with Gasteiger partial charge in [-0.05, 0) is 13.8 Å². The molecule has 0 saturated carbocycles. The van der Waals surface area contributed by atoms with Gasteiger partial charge >= 0.3 is 0 Å². The van der Waals surface area contributed by atoms with Crippen molar-refractivity contribution in [3.8, 4) is 0 Å². The summed E-state index contributed by atoms with van der Waals surface area (Å²) >= 11 is 0. The van der Waals surface area contributed by atoms with E-state index in [0.717, 1.165) is 16.8 Å². The molecule has 2 rings (SSSR count). The van der Waals surface area contributed by atoms with Crippen molar-refractivity contribution in [2.24, 2.45) is 0 Å². The lowest BCUT2D eigenvalue weighted by atomic mass is 10.3. The molecule has 56 valence electrons. The van der Waals surface area contributed by atoms with Crippen LogP contribution < -0.4 is 0 Å². The van der Waals surface area contributed by atoms with Gasteiger partial charge in [0, 0.05) is 18.0 Å². The smallest absolute Gasteiger partial charge is 0.245 e. The lowest BCUT2D eigenvalue weighted by Gasteiger charge is -1.83. The number of furan rings is 1. The molecule has 0 fully saturated rings. The maximum absolute atomic E-state index is 5.33. The molecule has 0 spiro atoms. The molecule has 2 heterocycles. The minimum Gasteiger partial charge on any atom is -0.441 e. The van der Waals surface area contributed by atoms with Gasteiger partial charge in [-0.1, -0.05) is 0 Å². The standard InChI is InChI=1S/C8H8N2O/c1-5-6(2)11-8-7(5)9-3-4-10-8/h3-4H,1-2H3. The fourth-order valence-electron chi connectivity index (χ4n) is 1.05. The Morgan fingerprint density at radius 1 is 1.18 bits per heavy atom. The van der Waals surface area contributed by atoms with E-state index in [2.05, 4.69) is 9.97 Å². The van der Waals surface area contributed by atoms with Crippen molar-refractivity contribution in [2.45, 2.75) is 13.8 Å². The largest absolute Gasteiger partial charge is 0.441 e. The van der Waals surface area contributed by atoms with Crippen LogP contribution in [0.3, 0.4) is 0 Å². The van der Waals surface area contributed by atoms with Gasteiger partial charge in [0.15, 0.2) is 0 Å².